The minimum Gasteiger partial charge on any atom is -0.334 e. The Bertz CT molecular complexity index is 980. The fourth-order valence-corrected chi connectivity index (χ4v) is 3.39. The summed E-state index contributed by atoms with van der Waals surface area (Å²) in [4.78, 5) is 16.7. The summed E-state index contributed by atoms with van der Waals surface area (Å²) >= 11 is 1.33. The second-order valence-corrected chi connectivity index (χ2v) is 6.53. The molecule has 0 bridgehead atoms. The quantitative estimate of drug-likeness (QED) is 0.715. The Kier molecular flexibility index (Phi) is 4.11. The molecule has 4 rings (SSSR count). The van der Waals surface area contributed by atoms with Gasteiger partial charge in [0.05, 0.1) is 17.1 Å². The molecule has 1 aliphatic rings. The lowest BCUT2D eigenvalue weighted by Crippen LogP contribution is -2.18. The molecule has 3 aromatic carbocycles. The molecule has 0 saturated heterocycles. The summed E-state index contributed by atoms with van der Waals surface area (Å²) in [5, 5.41) is 8.91. The molecule has 0 saturated carbocycles. The largest absolute Gasteiger partial charge is 0.334 e. The van der Waals surface area contributed by atoms with E-state index in [9.17, 15) is 9.18 Å². The van der Waals surface area contributed by atoms with Crippen LogP contribution in [0.4, 0.5) is 21.5 Å². The Balaban J connectivity index is 1.45. The maximum Gasteiger partial charge on any atom is 0.234 e. The number of halogens is 1. The van der Waals surface area contributed by atoms with Gasteiger partial charge in [0.25, 0.3) is 0 Å². The van der Waals surface area contributed by atoms with Gasteiger partial charge in [-0.25, -0.2) is 9.38 Å². The molecular formula is C19H14FN3OS. The molecule has 6 heteroatoms. The Labute approximate surface area is 148 Å². The standard InChI is InChI=1S/C19H14FN3OS/c20-13-7-9-14(10-8-13)21-17(24)11-25-19-22-15-5-1-3-12-4-2-6-16(23-19)18(12)15/h1-10H,11H2,(H,21,24)(H,22,23). The lowest BCUT2D eigenvalue weighted by Gasteiger charge is -2.18. The number of rotatable bonds is 3. The molecule has 0 aromatic heterocycles. The number of benzene rings is 3. The Morgan fingerprint density at radius 3 is 2.64 bits per heavy atom. The van der Waals surface area contributed by atoms with Crippen molar-refractivity contribution in [2.24, 2.45) is 4.99 Å². The third kappa shape index (κ3) is 3.34. The molecule has 0 aliphatic carbocycles. The van der Waals surface area contributed by atoms with Crippen molar-refractivity contribution >= 4 is 50.7 Å². The van der Waals surface area contributed by atoms with Crippen molar-refractivity contribution < 1.29 is 9.18 Å². The van der Waals surface area contributed by atoms with E-state index in [0.717, 1.165) is 22.1 Å². The van der Waals surface area contributed by atoms with E-state index in [1.165, 1.54) is 36.0 Å². The lowest BCUT2D eigenvalue weighted by atomic mass is 10.1. The summed E-state index contributed by atoms with van der Waals surface area (Å²) in [5.74, 6) is -0.291. The van der Waals surface area contributed by atoms with Crippen molar-refractivity contribution in [1.29, 1.82) is 0 Å². The normalized spacial score (nSPS) is 12.4. The molecule has 1 heterocycles. The predicted octanol–water partition coefficient (Wildman–Crippen LogP) is 4.76. The first-order valence-electron chi connectivity index (χ1n) is 7.75. The summed E-state index contributed by atoms with van der Waals surface area (Å²) in [5.41, 5.74) is 2.46. The fraction of sp³-hybridized carbons (Fsp3) is 0.0526. The zero-order chi connectivity index (χ0) is 17.2. The highest BCUT2D eigenvalue weighted by Crippen LogP contribution is 2.36. The topological polar surface area (TPSA) is 53.5 Å². The van der Waals surface area contributed by atoms with Crippen molar-refractivity contribution in [1.82, 2.24) is 0 Å². The summed E-state index contributed by atoms with van der Waals surface area (Å²) in [6, 6.07) is 17.7. The molecule has 0 radical (unpaired) electrons. The molecule has 0 atom stereocenters. The first-order valence-corrected chi connectivity index (χ1v) is 8.73. The van der Waals surface area contributed by atoms with Gasteiger partial charge in [-0.1, -0.05) is 36.0 Å². The van der Waals surface area contributed by atoms with E-state index >= 15 is 0 Å². The van der Waals surface area contributed by atoms with Crippen LogP contribution in [0.25, 0.3) is 10.8 Å². The number of nitrogens with zero attached hydrogens (tertiary/aromatic N) is 1. The first kappa shape index (κ1) is 15.7. The van der Waals surface area contributed by atoms with E-state index in [-0.39, 0.29) is 17.5 Å². The van der Waals surface area contributed by atoms with Crippen LogP contribution in [-0.4, -0.2) is 16.8 Å². The highest BCUT2D eigenvalue weighted by atomic mass is 32.2. The van der Waals surface area contributed by atoms with Crippen LogP contribution in [0.2, 0.25) is 0 Å². The molecule has 0 spiro atoms. The van der Waals surface area contributed by atoms with Crippen LogP contribution < -0.4 is 10.6 Å². The third-order valence-electron chi connectivity index (χ3n) is 3.81. The molecule has 0 unspecified atom stereocenters. The number of thioether (sulfide) groups is 1. The highest BCUT2D eigenvalue weighted by Gasteiger charge is 2.15. The second kappa shape index (κ2) is 6.57. The lowest BCUT2D eigenvalue weighted by molar-refractivity contribution is -0.113. The average Bonchev–Trinajstić information content (AvgIpc) is 2.62. The number of carbonyl (C=O) groups excluding carboxylic acids is 1. The van der Waals surface area contributed by atoms with Crippen molar-refractivity contribution in [3.8, 4) is 0 Å². The number of carbonyl (C=O) groups is 1. The van der Waals surface area contributed by atoms with Gasteiger partial charge in [-0.2, -0.15) is 0 Å². The number of nitrogens with one attached hydrogen (secondary N) is 2. The van der Waals surface area contributed by atoms with Gasteiger partial charge in [0.15, 0.2) is 5.17 Å². The SMILES string of the molecule is O=C(CSC1=Nc2cccc3cccc(c23)N1)Nc1ccc(F)cc1. The molecule has 0 fully saturated rings. The zero-order valence-electron chi connectivity index (χ0n) is 13.1. The number of hydrogen-bond acceptors (Lipinski definition) is 4. The van der Waals surface area contributed by atoms with Crippen LogP contribution in [-0.2, 0) is 4.79 Å². The smallest absolute Gasteiger partial charge is 0.234 e. The van der Waals surface area contributed by atoms with Crippen molar-refractivity contribution in [3.05, 3.63) is 66.5 Å². The highest BCUT2D eigenvalue weighted by molar-refractivity contribution is 8.14. The number of amidine groups is 1. The van der Waals surface area contributed by atoms with Gasteiger partial charge in [0, 0.05) is 11.1 Å². The summed E-state index contributed by atoms with van der Waals surface area (Å²) < 4.78 is 12.9. The van der Waals surface area contributed by atoms with E-state index in [0.29, 0.717) is 10.9 Å². The van der Waals surface area contributed by atoms with E-state index in [2.05, 4.69) is 15.6 Å². The molecule has 3 aromatic rings. The van der Waals surface area contributed by atoms with Crippen LogP contribution >= 0.6 is 11.8 Å². The minimum absolute atomic E-state index is 0.168. The second-order valence-electron chi connectivity index (χ2n) is 5.57. The van der Waals surface area contributed by atoms with Crippen molar-refractivity contribution in [2.75, 3.05) is 16.4 Å². The van der Waals surface area contributed by atoms with Gasteiger partial charge < -0.3 is 10.6 Å². The third-order valence-corrected chi connectivity index (χ3v) is 4.69. The molecule has 1 aliphatic heterocycles. The molecular weight excluding hydrogens is 337 g/mol. The first-order chi connectivity index (χ1) is 12.2. The molecule has 124 valence electrons. The van der Waals surface area contributed by atoms with E-state index in [1.54, 1.807) is 0 Å². The Morgan fingerprint density at radius 2 is 1.84 bits per heavy atom. The van der Waals surface area contributed by atoms with Gasteiger partial charge in [0.2, 0.25) is 5.91 Å². The van der Waals surface area contributed by atoms with Crippen LogP contribution in [0.1, 0.15) is 0 Å². The van der Waals surface area contributed by atoms with Crippen LogP contribution in [0, 0.1) is 5.82 Å². The van der Waals surface area contributed by atoms with Gasteiger partial charge in [0.1, 0.15) is 5.82 Å². The van der Waals surface area contributed by atoms with Crippen LogP contribution in [0.15, 0.2) is 65.7 Å². The van der Waals surface area contributed by atoms with Gasteiger partial charge in [-0.3, -0.25) is 4.79 Å². The van der Waals surface area contributed by atoms with E-state index in [1.807, 2.05) is 36.4 Å². The van der Waals surface area contributed by atoms with Gasteiger partial charge >= 0.3 is 0 Å². The summed E-state index contributed by atoms with van der Waals surface area (Å²) in [6.45, 7) is 0. The van der Waals surface area contributed by atoms with Crippen molar-refractivity contribution in [2.45, 2.75) is 0 Å². The summed E-state index contributed by atoms with van der Waals surface area (Å²) in [6.07, 6.45) is 0. The fourth-order valence-electron chi connectivity index (χ4n) is 2.70. The number of amides is 1. The molecule has 1 amide bonds. The maximum atomic E-state index is 12.9. The zero-order valence-corrected chi connectivity index (χ0v) is 13.9. The number of hydrogen-bond donors (Lipinski definition) is 2. The van der Waals surface area contributed by atoms with Crippen LogP contribution in [0.5, 0.6) is 0 Å². The monoisotopic (exact) mass is 351 g/mol. The number of anilines is 2. The molecule has 4 nitrogen and oxygen atoms in total. The van der Waals surface area contributed by atoms with Gasteiger partial charge in [-0.15, -0.1) is 0 Å². The van der Waals surface area contributed by atoms with Crippen LogP contribution in [0.3, 0.4) is 0 Å². The van der Waals surface area contributed by atoms with E-state index in [4.69, 9.17) is 0 Å². The minimum atomic E-state index is -0.332. The van der Waals surface area contributed by atoms with Crippen molar-refractivity contribution in [3.63, 3.8) is 0 Å². The number of aliphatic imine (C=N–C) groups is 1. The Morgan fingerprint density at radius 1 is 1.08 bits per heavy atom. The predicted molar refractivity (Wildman–Crippen MR) is 102 cm³/mol. The van der Waals surface area contributed by atoms with E-state index < -0.39 is 0 Å². The Hall–Kier alpha value is -2.86. The summed E-state index contributed by atoms with van der Waals surface area (Å²) in [7, 11) is 0. The molecule has 25 heavy (non-hydrogen) atoms. The van der Waals surface area contributed by atoms with Gasteiger partial charge in [-0.05, 0) is 41.8 Å². The molecule has 2 N–H and O–H groups in total. The maximum absolute atomic E-state index is 12.9. The average molecular weight is 351 g/mol.